The summed E-state index contributed by atoms with van der Waals surface area (Å²) in [6.45, 7) is 0.126. The third-order valence-corrected chi connectivity index (χ3v) is 5.22. The Bertz CT molecular complexity index is 1010. The minimum Gasteiger partial charge on any atom is -0.475 e. The molecule has 0 aliphatic rings. The molecule has 0 bridgehead atoms. The maximum atomic E-state index is 12.9. The van der Waals surface area contributed by atoms with E-state index in [-0.39, 0.29) is 29.7 Å². The Labute approximate surface area is 161 Å². The quantitative estimate of drug-likeness (QED) is 0.608. The van der Waals surface area contributed by atoms with Gasteiger partial charge in [-0.1, -0.05) is 17.7 Å². The fourth-order valence-electron chi connectivity index (χ4n) is 2.22. The molecule has 0 radical (unpaired) electrons. The van der Waals surface area contributed by atoms with Crippen LogP contribution in [0.1, 0.15) is 0 Å². The Morgan fingerprint density at radius 1 is 1.04 bits per heavy atom. The highest BCUT2D eigenvalue weighted by molar-refractivity contribution is 7.89. The first-order valence-electron chi connectivity index (χ1n) is 7.92. The van der Waals surface area contributed by atoms with E-state index < -0.39 is 10.0 Å². The molecule has 6 nitrogen and oxygen atoms in total. The van der Waals surface area contributed by atoms with Crippen molar-refractivity contribution in [2.24, 2.45) is 0 Å². The van der Waals surface area contributed by atoms with Gasteiger partial charge in [-0.3, -0.25) is 0 Å². The molecule has 0 aliphatic carbocycles. The number of nitrogens with zero attached hydrogens (tertiary/aromatic N) is 2. The van der Waals surface area contributed by atoms with Gasteiger partial charge >= 0.3 is 0 Å². The maximum Gasteiger partial charge on any atom is 0.240 e. The highest BCUT2D eigenvalue weighted by atomic mass is 35.5. The van der Waals surface area contributed by atoms with E-state index in [1.807, 2.05) is 0 Å². The number of aromatic nitrogens is 2. The summed E-state index contributed by atoms with van der Waals surface area (Å²) < 4.78 is 45.0. The second-order valence-electron chi connectivity index (χ2n) is 5.47. The third-order valence-electron chi connectivity index (χ3n) is 3.53. The van der Waals surface area contributed by atoms with Crippen molar-refractivity contribution in [2.45, 2.75) is 4.90 Å². The van der Waals surface area contributed by atoms with Crippen molar-refractivity contribution < 1.29 is 17.5 Å². The Hall–Kier alpha value is -2.55. The molecular weight excluding hydrogens is 393 g/mol. The normalized spacial score (nSPS) is 11.3. The molecule has 1 heterocycles. The van der Waals surface area contributed by atoms with E-state index in [1.54, 1.807) is 36.4 Å². The molecule has 2 aromatic carbocycles. The van der Waals surface area contributed by atoms with Crippen LogP contribution in [0.3, 0.4) is 0 Å². The lowest BCUT2D eigenvalue weighted by Crippen LogP contribution is -2.28. The standard InChI is InChI=1S/C18H15ClFN3O3S/c19-14-2-1-3-16(12-14)27(24,25)21-10-11-26-18-9-8-17(22-23-18)13-4-6-15(20)7-5-13/h1-9,12,21H,10-11H2. The number of nitrogens with one attached hydrogen (secondary N) is 1. The largest absolute Gasteiger partial charge is 0.475 e. The zero-order valence-electron chi connectivity index (χ0n) is 14.0. The summed E-state index contributed by atoms with van der Waals surface area (Å²) in [6.07, 6.45) is 0. The van der Waals surface area contributed by atoms with Gasteiger partial charge in [0, 0.05) is 23.2 Å². The second kappa shape index (κ2) is 8.43. The Balaban J connectivity index is 1.52. The molecule has 3 rings (SSSR count). The Morgan fingerprint density at radius 3 is 2.48 bits per heavy atom. The molecule has 0 spiro atoms. The van der Waals surface area contributed by atoms with E-state index in [0.29, 0.717) is 10.7 Å². The molecule has 1 N–H and O–H groups in total. The molecule has 3 aromatic rings. The van der Waals surface area contributed by atoms with Crippen molar-refractivity contribution >= 4 is 21.6 Å². The number of benzene rings is 2. The van der Waals surface area contributed by atoms with Gasteiger partial charge in [-0.2, -0.15) is 0 Å². The molecule has 0 saturated heterocycles. The van der Waals surface area contributed by atoms with Gasteiger partial charge in [0.05, 0.1) is 10.6 Å². The fraction of sp³-hybridized carbons (Fsp3) is 0.111. The van der Waals surface area contributed by atoms with Crippen LogP contribution >= 0.6 is 11.6 Å². The predicted molar refractivity (Wildman–Crippen MR) is 99.6 cm³/mol. The first-order chi connectivity index (χ1) is 12.9. The van der Waals surface area contributed by atoms with Gasteiger partial charge in [-0.15, -0.1) is 10.2 Å². The highest BCUT2D eigenvalue weighted by Gasteiger charge is 2.13. The van der Waals surface area contributed by atoms with Crippen LogP contribution in [-0.2, 0) is 10.0 Å². The molecule has 9 heteroatoms. The molecular formula is C18H15ClFN3O3S. The van der Waals surface area contributed by atoms with Gasteiger partial charge in [0.2, 0.25) is 15.9 Å². The summed E-state index contributed by atoms with van der Waals surface area (Å²) in [5, 5.41) is 8.27. The molecule has 0 unspecified atom stereocenters. The first kappa shape index (κ1) is 19.2. The molecule has 0 saturated carbocycles. The summed E-state index contributed by atoms with van der Waals surface area (Å²) in [6, 6.07) is 15.2. The molecule has 0 fully saturated rings. The molecule has 0 aliphatic heterocycles. The van der Waals surface area contributed by atoms with Crippen LogP contribution in [0.5, 0.6) is 5.88 Å². The number of sulfonamides is 1. The van der Waals surface area contributed by atoms with E-state index in [0.717, 1.165) is 5.56 Å². The molecule has 0 atom stereocenters. The summed E-state index contributed by atoms with van der Waals surface area (Å²) in [5.41, 5.74) is 1.30. The average Bonchev–Trinajstić information content (AvgIpc) is 2.66. The minimum atomic E-state index is -3.66. The summed E-state index contributed by atoms with van der Waals surface area (Å²) >= 11 is 5.81. The molecule has 27 heavy (non-hydrogen) atoms. The van der Waals surface area contributed by atoms with Crippen molar-refractivity contribution in [1.82, 2.24) is 14.9 Å². The van der Waals surface area contributed by atoms with E-state index in [1.165, 1.54) is 24.3 Å². The zero-order valence-corrected chi connectivity index (χ0v) is 15.5. The van der Waals surface area contributed by atoms with E-state index in [2.05, 4.69) is 14.9 Å². The highest BCUT2D eigenvalue weighted by Crippen LogP contribution is 2.18. The number of hydrogen-bond acceptors (Lipinski definition) is 5. The van der Waals surface area contributed by atoms with Crippen LogP contribution in [0.25, 0.3) is 11.3 Å². The van der Waals surface area contributed by atoms with Gasteiger partial charge in [-0.05, 0) is 48.5 Å². The summed E-state index contributed by atoms with van der Waals surface area (Å²) in [5.74, 6) is -0.0743. The fourth-order valence-corrected chi connectivity index (χ4v) is 3.53. The second-order valence-corrected chi connectivity index (χ2v) is 7.67. The van der Waals surface area contributed by atoms with E-state index >= 15 is 0 Å². The lowest BCUT2D eigenvalue weighted by Gasteiger charge is -2.08. The maximum absolute atomic E-state index is 12.9. The Kier molecular flexibility index (Phi) is 6.00. The number of hydrogen-bond donors (Lipinski definition) is 1. The third kappa shape index (κ3) is 5.22. The monoisotopic (exact) mass is 407 g/mol. The van der Waals surface area contributed by atoms with Crippen molar-refractivity contribution in [1.29, 1.82) is 0 Å². The minimum absolute atomic E-state index is 0.0518. The van der Waals surface area contributed by atoms with Crippen LogP contribution in [0.15, 0.2) is 65.6 Å². The number of ether oxygens (including phenoxy) is 1. The van der Waals surface area contributed by atoms with Gasteiger partial charge in [-0.25, -0.2) is 17.5 Å². The summed E-state index contributed by atoms with van der Waals surface area (Å²) in [7, 11) is -3.66. The van der Waals surface area contributed by atoms with Crippen LogP contribution in [-0.4, -0.2) is 31.8 Å². The van der Waals surface area contributed by atoms with Crippen molar-refractivity contribution in [3.05, 3.63) is 71.5 Å². The van der Waals surface area contributed by atoms with Crippen LogP contribution in [0.2, 0.25) is 5.02 Å². The lowest BCUT2D eigenvalue weighted by atomic mass is 10.1. The molecule has 0 amide bonds. The Morgan fingerprint density at radius 2 is 1.81 bits per heavy atom. The van der Waals surface area contributed by atoms with Gasteiger partial charge in [0.1, 0.15) is 12.4 Å². The van der Waals surface area contributed by atoms with Gasteiger partial charge in [0.25, 0.3) is 0 Å². The number of rotatable bonds is 7. The lowest BCUT2D eigenvalue weighted by molar-refractivity contribution is 0.307. The predicted octanol–water partition coefficient (Wildman–Crippen LogP) is 3.29. The number of halogens is 2. The molecule has 140 valence electrons. The van der Waals surface area contributed by atoms with Crippen molar-refractivity contribution in [2.75, 3.05) is 13.2 Å². The van der Waals surface area contributed by atoms with Crippen LogP contribution < -0.4 is 9.46 Å². The van der Waals surface area contributed by atoms with Gasteiger partial charge in [0.15, 0.2) is 0 Å². The van der Waals surface area contributed by atoms with Crippen molar-refractivity contribution in [3.8, 4) is 17.1 Å². The van der Waals surface area contributed by atoms with Crippen molar-refractivity contribution in [3.63, 3.8) is 0 Å². The van der Waals surface area contributed by atoms with E-state index in [9.17, 15) is 12.8 Å². The molecule has 1 aromatic heterocycles. The smallest absolute Gasteiger partial charge is 0.240 e. The SMILES string of the molecule is O=S(=O)(NCCOc1ccc(-c2ccc(F)cc2)nn1)c1cccc(Cl)c1. The topological polar surface area (TPSA) is 81.2 Å². The summed E-state index contributed by atoms with van der Waals surface area (Å²) in [4.78, 5) is 0.0819. The zero-order chi connectivity index (χ0) is 19.3. The first-order valence-corrected chi connectivity index (χ1v) is 9.78. The van der Waals surface area contributed by atoms with E-state index in [4.69, 9.17) is 16.3 Å². The van der Waals surface area contributed by atoms with Crippen LogP contribution in [0.4, 0.5) is 4.39 Å². The van der Waals surface area contributed by atoms with Crippen LogP contribution in [0, 0.1) is 5.82 Å². The van der Waals surface area contributed by atoms with Gasteiger partial charge < -0.3 is 4.74 Å². The average molecular weight is 408 g/mol.